The van der Waals surface area contributed by atoms with Crippen molar-refractivity contribution in [3.05, 3.63) is 60.4 Å². The van der Waals surface area contributed by atoms with Crippen LogP contribution in [-0.4, -0.2) is 39.6 Å². The number of likely N-dealkylation sites (tertiary alicyclic amines) is 1. The first-order valence-electron chi connectivity index (χ1n) is 8.42. The number of amides is 1. The number of rotatable bonds is 4. The molecule has 140 valence electrons. The van der Waals surface area contributed by atoms with Gasteiger partial charge in [-0.05, 0) is 23.6 Å². The number of fused-ring (bicyclic) bond motifs is 1. The molecule has 1 fully saturated rings. The summed E-state index contributed by atoms with van der Waals surface area (Å²) < 4.78 is 45.0. The molecule has 1 aliphatic rings. The van der Waals surface area contributed by atoms with E-state index in [1.54, 1.807) is 4.90 Å². The smallest absolute Gasteiger partial charge is 0.417 e. The Kier molecular flexibility index (Phi) is 4.25. The van der Waals surface area contributed by atoms with Gasteiger partial charge in [0.1, 0.15) is 12.6 Å². The fourth-order valence-electron chi connectivity index (χ4n) is 3.03. The van der Waals surface area contributed by atoms with Gasteiger partial charge >= 0.3 is 6.18 Å². The maximum absolute atomic E-state index is 12.5. The van der Waals surface area contributed by atoms with E-state index < -0.39 is 11.7 Å². The van der Waals surface area contributed by atoms with Crippen molar-refractivity contribution in [2.75, 3.05) is 13.1 Å². The van der Waals surface area contributed by atoms with E-state index in [9.17, 15) is 18.0 Å². The summed E-state index contributed by atoms with van der Waals surface area (Å²) in [5.41, 5.74) is 0.173. The number of carbonyl (C=O) groups is 1. The number of aromatic nitrogens is 2. The van der Waals surface area contributed by atoms with E-state index in [0.29, 0.717) is 13.1 Å². The number of hydrogen-bond donors (Lipinski definition) is 0. The number of halogens is 3. The van der Waals surface area contributed by atoms with Crippen LogP contribution >= 0.6 is 0 Å². The summed E-state index contributed by atoms with van der Waals surface area (Å²) in [7, 11) is 0. The van der Waals surface area contributed by atoms with Gasteiger partial charge in [-0.2, -0.15) is 13.2 Å². The average molecular weight is 375 g/mol. The zero-order chi connectivity index (χ0) is 19.0. The topological polar surface area (TPSA) is 47.4 Å². The molecule has 0 N–H and O–H groups in total. The van der Waals surface area contributed by atoms with E-state index in [4.69, 9.17) is 4.74 Å². The molecule has 0 atom stereocenters. The number of benzene rings is 1. The van der Waals surface area contributed by atoms with Crippen LogP contribution < -0.4 is 4.74 Å². The second kappa shape index (κ2) is 6.61. The molecule has 4 rings (SSSR count). The van der Waals surface area contributed by atoms with Crippen molar-refractivity contribution < 1.29 is 22.7 Å². The highest BCUT2D eigenvalue weighted by Crippen LogP contribution is 2.29. The van der Waals surface area contributed by atoms with Crippen molar-refractivity contribution in [1.82, 2.24) is 14.5 Å². The van der Waals surface area contributed by atoms with Crippen molar-refractivity contribution in [1.29, 1.82) is 0 Å². The van der Waals surface area contributed by atoms with Crippen LogP contribution in [0.3, 0.4) is 0 Å². The summed E-state index contributed by atoms with van der Waals surface area (Å²) in [5.74, 6) is 0.0908. The lowest BCUT2D eigenvalue weighted by molar-refractivity contribution is -0.141. The normalized spacial score (nSPS) is 15.0. The van der Waals surface area contributed by atoms with E-state index >= 15 is 0 Å². The minimum Gasteiger partial charge on any atom is -0.471 e. The Morgan fingerprint density at radius 3 is 2.63 bits per heavy atom. The molecule has 1 aromatic carbocycles. The molecule has 3 heterocycles. The second-order valence-electron chi connectivity index (χ2n) is 6.42. The van der Waals surface area contributed by atoms with Gasteiger partial charge in [-0.15, -0.1) is 0 Å². The zero-order valence-corrected chi connectivity index (χ0v) is 14.2. The molecule has 0 unspecified atom stereocenters. The predicted molar refractivity (Wildman–Crippen MR) is 92.2 cm³/mol. The molecular weight excluding hydrogens is 359 g/mol. The molecule has 0 aliphatic carbocycles. The molecule has 1 amide bonds. The molecule has 5 nitrogen and oxygen atoms in total. The maximum atomic E-state index is 12.5. The SMILES string of the molecule is O=C(Cn1ccc2ccccc21)N1CC(Oc2ccc(C(F)(F)F)cn2)C1. The molecule has 1 aliphatic heterocycles. The van der Waals surface area contributed by atoms with E-state index in [-0.39, 0.29) is 24.4 Å². The van der Waals surface area contributed by atoms with E-state index in [0.717, 1.165) is 23.2 Å². The Morgan fingerprint density at radius 2 is 1.93 bits per heavy atom. The van der Waals surface area contributed by atoms with Crippen LogP contribution in [0.1, 0.15) is 5.56 Å². The fourth-order valence-corrected chi connectivity index (χ4v) is 3.03. The van der Waals surface area contributed by atoms with Crippen LogP contribution in [0.5, 0.6) is 5.88 Å². The van der Waals surface area contributed by atoms with Gasteiger partial charge in [-0.25, -0.2) is 4.98 Å². The van der Waals surface area contributed by atoms with Crippen molar-refractivity contribution in [2.45, 2.75) is 18.8 Å². The number of carbonyl (C=O) groups excluding carboxylic acids is 1. The third kappa shape index (κ3) is 3.60. The fraction of sp³-hybridized carbons (Fsp3) is 0.263. The standard InChI is InChI=1S/C19H16F3N3O2/c20-19(21,22)14-5-6-17(23-9-14)27-15-10-25(11-15)18(26)12-24-8-7-13-3-1-2-4-16(13)24/h1-9,15H,10-12H2. The Morgan fingerprint density at radius 1 is 1.15 bits per heavy atom. The Bertz CT molecular complexity index is 960. The number of hydrogen-bond acceptors (Lipinski definition) is 3. The molecule has 0 saturated carbocycles. The van der Waals surface area contributed by atoms with Crippen LogP contribution in [0.15, 0.2) is 54.9 Å². The number of ether oxygens (including phenoxy) is 1. The Labute approximate surface area is 153 Å². The van der Waals surface area contributed by atoms with E-state index in [1.807, 2.05) is 41.1 Å². The minimum absolute atomic E-state index is 0.0309. The van der Waals surface area contributed by atoms with Crippen LogP contribution in [0, 0.1) is 0 Å². The summed E-state index contributed by atoms with van der Waals surface area (Å²) in [6, 6.07) is 11.9. The minimum atomic E-state index is -4.42. The summed E-state index contributed by atoms with van der Waals surface area (Å²) in [4.78, 5) is 17.7. The lowest BCUT2D eigenvalue weighted by Gasteiger charge is -2.38. The summed E-state index contributed by atoms with van der Waals surface area (Å²) >= 11 is 0. The Balaban J connectivity index is 1.31. The zero-order valence-electron chi connectivity index (χ0n) is 14.2. The predicted octanol–water partition coefficient (Wildman–Crippen LogP) is 3.34. The molecule has 27 heavy (non-hydrogen) atoms. The first kappa shape index (κ1) is 17.4. The molecule has 0 spiro atoms. The molecule has 3 aromatic rings. The highest BCUT2D eigenvalue weighted by atomic mass is 19.4. The molecule has 0 radical (unpaired) electrons. The Hall–Kier alpha value is -3.03. The van der Waals surface area contributed by atoms with Gasteiger partial charge in [0.15, 0.2) is 0 Å². The highest BCUT2D eigenvalue weighted by Gasteiger charge is 2.33. The molecule has 8 heteroatoms. The van der Waals surface area contributed by atoms with Gasteiger partial charge in [-0.3, -0.25) is 4.79 Å². The maximum Gasteiger partial charge on any atom is 0.417 e. The van der Waals surface area contributed by atoms with Gasteiger partial charge in [0.05, 0.1) is 18.7 Å². The number of nitrogens with zero attached hydrogens (tertiary/aromatic N) is 3. The van der Waals surface area contributed by atoms with E-state index in [2.05, 4.69) is 4.98 Å². The van der Waals surface area contributed by atoms with Crippen LogP contribution in [0.4, 0.5) is 13.2 Å². The molecular formula is C19H16F3N3O2. The first-order chi connectivity index (χ1) is 12.9. The largest absolute Gasteiger partial charge is 0.471 e. The van der Waals surface area contributed by atoms with Gasteiger partial charge in [-0.1, -0.05) is 18.2 Å². The molecule has 0 bridgehead atoms. The quantitative estimate of drug-likeness (QED) is 0.703. The van der Waals surface area contributed by atoms with Gasteiger partial charge in [0.2, 0.25) is 11.8 Å². The van der Waals surface area contributed by atoms with Gasteiger partial charge < -0.3 is 14.2 Å². The first-order valence-corrected chi connectivity index (χ1v) is 8.42. The number of para-hydroxylation sites is 1. The van der Waals surface area contributed by atoms with Crippen molar-refractivity contribution in [3.8, 4) is 5.88 Å². The van der Waals surface area contributed by atoms with Crippen LogP contribution in [0.2, 0.25) is 0 Å². The average Bonchev–Trinajstić information content (AvgIpc) is 3.00. The monoisotopic (exact) mass is 375 g/mol. The lowest BCUT2D eigenvalue weighted by atomic mass is 10.1. The number of alkyl halides is 3. The highest BCUT2D eigenvalue weighted by molar-refractivity contribution is 5.83. The van der Waals surface area contributed by atoms with Crippen LogP contribution in [-0.2, 0) is 17.5 Å². The van der Waals surface area contributed by atoms with Crippen molar-refractivity contribution >= 4 is 16.8 Å². The van der Waals surface area contributed by atoms with Crippen molar-refractivity contribution in [3.63, 3.8) is 0 Å². The molecule has 2 aromatic heterocycles. The van der Waals surface area contributed by atoms with E-state index in [1.165, 1.54) is 6.07 Å². The summed E-state index contributed by atoms with van der Waals surface area (Å²) in [6.07, 6.45) is -2.07. The lowest BCUT2D eigenvalue weighted by Crippen LogP contribution is -2.56. The summed E-state index contributed by atoms with van der Waals surface area (Å²) in [6.45, 7) is 1.01. The van der Waals surface area contributed by atoms with Crippen LogP contribution in [0.25, 0.3) is 10.9 Å². The van der Waals surface area contributed by atoms with Gasteiger partial charge in [0, 0.05) is 24.0 Å². The van der Waals surface area contributed by atoms with Gasteiger partial charge in [0.25, 0.3) is 0 Å². The summed E-state index contributed by atoms with van der Waals surface area (Å²) in [5, 5.41) is 1.07. The molecule has 1 saturated heterocycles. The van der Waals surface area contributed by atoms with Crippen molar-refractivity contribution in [2.24, 2.45) is 0 Å². The number of pyridine rings is 1. The second-order valence-corrected chi connectivity index (χ2v) is 6.42. The third-order valence-corrected chi connectivity index (χ3v) is 4.54. The third-order valence-electron chi connectivity index (χ3n) is 4.54.